The third-order valence-electron chi connectivity index (χ3n) is 6.45. The number of benzene rings is 2. The van der Waals surface area contributed by atoms with Gasteiger partial charge in [0.25, 0.3) is 10.0 Å². The van der Waals surface area contributed by atoms with Crippen LogP contribution in [0.4, 0.5) is 5.82 Å². The van der Waals surface area contributed by atoms with Crippen molar-refractivity contribution in [2.75, 3.05) is 18.8 Å². The fraction of sp³-hybridized carbons (Fsp3) is 0.333. The molecule has 5 rings (SSSR count). The van der Waals surface area contributed by atoms with Crippen LogP contribution in [-0.2, 0) is 30.9 Å². The second kappa shape index (κ2) is 10.6. The molecule has 4 aromatic rings. The summed E-state index contributed by atoms with van der Waals surface area (Å²) in [4.78, 5) is 36.1. The number of nitrogens with two attached hydrogens (primary N) is 1. The number of piperazine rings is 1. The number of carbonyl (C=O) groups excluding carboxylic acids is 2. The van der Waals surface area contributed by atoms with Crippen LogP contribution < -0.4 is 5.73 Å². The van der Waals surface area contributed by atoms with Crippen LogP contribution in [0.1, 0.15) is 32.8 Å². The summed E-state index contributed by atoms with van der Waals surface area (Å²) in [5.41, 5.74) is 6.58. The van der Waals surface area contributed by atoms with Gasteiger partial charge in [0.05, 0.1) is 24.5 Å². The summed E-state index contributed by atoms with van der Waals surface area (Å²) in [5.74, 6) is -0.599. The number of carbonyl (C=O) groups is 2. The first-order chi connectivity index (χ1) is 18.8. The van der Waals surface area contributed by atoms with Crippen molar-refractivity contribution in [3.63, 3.8) is 0 Å². The number of hydrogen-bond acceptors (Lipinski definition) is 9. The normalized spacial score (nSPS) is 17.1. The van der Waals surface area contributed by atoms with Gasteiger partial charge < -0.3 is 15.4 Å². The Hall–Kier alpha value is -3.32. The summed E-state index contributed by atoms with van der Waals surface area (Å²) in [6, 6.07) is 11.4. The van der Waals surface area contributed by atoms with Crippen molar-refractivity contribution in [3.05, 3.63) is 59.4 Å². The first-order valence-electron chi connectivity index (χ1n) is 12.5. The van der Waals surface area contributed by atoms with Crippen LogP contribution in [0, 0.1) is 0 Å². The van der Waals surface area contributed by atoms with Gasteiger partial charge in [0.2, 0.25) is 5.91 Å². The van der Waals surface area contributed by atoms with Crippen molar-refractivity contribution in [3.8, 4) is 0 Å². The number of amides is 1. The smallest absolute Gasteiger partial charge is 0.308 e. The molecule has 3 heterocycles. The lowest BCUT2D eigenvalue weighted by molar-refractivity contribution is -0.158. The van der Waals surface area contributed by atoms with E-state index in [2.05, 4.69) is 9.97 Å². The Morgan fingerprint density at radius 1 is 1.18 bits per heavy atom. The summed E-state index contributed by atoms with van der Waals surface area (Å²) in [7, 11) is -4.03. The zero-order valence-corrected chi connectivity index (χ0v) is 24.5. The molecular weight excluding hydrogens is 574 g/mol. The zero-order valence-electron chi connectivity index (χ0n) is 22.1. The molecule has 0 bridgehead atoms. The van der Waals surface area contributed by atoms with Crippen molar-refractivity contribution in [1.82, 2.24) is 19.2 Å². The third-order valence-corrected chi connectivity index (χ3v) is 10.0. The first kappa shape index (κ1) is 28.2. The molecule has 0 radical (unpaired) electrons. The van der Waals surface area contributed by atoms with Crippen molar-refractivity contribution in [1.29, 1.82) is 0 Å². The molecule has 1 atom stereocenters. The number of hydrogen-bond donors (Lipinski definition) is 1. The van der Waals surface area contributed by atoms with E-state index in [0.717, 1.165) is 31.3 Å². The molecule has 0 unspecified atom stereocenters. The quantitative estimate of drug-likeness (QED) is 0.325. The van der Waals surface area contributed by atoms with Crippen molar-refractivity contribution in [2.45, 2.75) is 49.6 Å². The van der Waals surface area contributed by atoms with Crippen LogP contribution in [0.3, 0.4) is 0 Å². The number of thiophene rings is 1. The molecule has 40 heavy (non-hydrogen) atoms. The second-order valence-corrected chi connectivity index (χ2v) is 14.3. The fourth-order valence-corrected chi connectivity index (χ4v) is 7.90. The van der Waals surface area contributed by atoms with Gasteiger partial charge in [0.1, 0.15) is 22.0 Å². The Kier molecular flexibility index (Phi) is 7.47. The predicted octanol–water partition coefficient (Wildman–Crippen LogP) is 4.21. The van der Waals surface area contributed by atoms with E-state index in [4.69, 9.17) is 22.1 Å². The van der Waals surface area contributed by atoms with Crippen molar-refractivity contribution < 1.29 is 22.7 Å². The van der Waals surface area contributed by atoms with Gasteiger partial charge in [0, 0.05) is 28.2 Å². The lowest BCUT2D eigenvalue weighted by atomic mass is 10.1. The zero-order chi connectivity index (χ0) is 28.8. The minimum atomic E-state index is -4.03. The van der Waals surface area contributed by atoms with E-state index < -0.39 is 33.5 Å². The van der Waals surface area contributed by atoms with Gasteiger partial charge in [-0.3, -0.25) is 9.59 Å². The Morgan fingerprint density at radius 3 is 2.70 bits per heavy atom. The van der Waals surface area contributed by atoms with E-state index in [1.54, 1.807) is 57.2 Å². The summed E-state index contributed by atoms with van der Waals surface area (Å²) in [6.45, 7) is 4.99. The number of rotatable bonds is 6. The van der Waals surface area contributed by atoms with Crippen LogP contribution in [0.25, 0.3) is 21.0 Å². The molecule has 1 fully saturated rings. The predicted molar refractivity (Wildman–Crippen MR) is 154 cm³/mol. The van der Waals surface area contributed by atoms with E-state index >= 15 is 0 Å². The number of nitrogen functional groups attached to an aromatic ring is 1. The first-order valence-corrected chi connectivity index (χ1v) is 15.1. The average Bonchev–Trinajstić information content (AvgIpc) is 3.29. The molecule has 2 aromatic carbocycles. The molecule has 1 saturated heterocycles. The molecule has 2 N–H and O–H groups in total. The minimum absolute atomic E-state index is 0.0645. The number of sulfonamides is 1. The number of aromatic nitrogens is 2. The molecule has 0 saturated carbocycles. The highest BCUT2D eigenvalue weighted by atomic mass is 35.5. The molecule has 2 aromatic heterocycles. The van der Waals surface area contributed by atoms with E-state index in [9.17, 15) is 18.0 Å². The SMILES string of the molecule is CC(C)(C)OC(=O)C[C@H]1CN(S(=O)(=O)c2cc3ccc(Cl)cc3s2)CC(=O)N1Cc1ccc2c(N)ncnc2c1. The molecule has 210 valence electrons. The van der Waals surface area contributed by atoms with Gasteiger partial charge in [0.15, 0.2) is 0 Å². The second-order valence-electron chi connectivity index (χ2n) is 10.6. The van der Waals surface area contributed by atoms with Crippen LogP contribution in [0.15, 0.2) is 53.0 Å². The molecule has 0 aliphatic carbocycles. The third kappa shape index (κ3) is 5.90. The summed E-state index contributed by atoms with van der Waals surface area (Å²) in [5, 5.41) is 1.93. The maximum absolute atomic E-state index is 13.7. The van der Waals surface area contributed by atoms with Crippen molar-refractivity contribution >= 4 is 71.6 Å². The molecular formula is C27H28ClN5O5S2. The minimum Gasteiger partial charge on any atom is -0.460 e. The Labute approximate surface area is 240 Å². The fourth-order valence-electron chi connectivity index (χ4n) is 4.65. The van der Waals surface area contributed by atoms with E-state index in [0.29, 0.717) is 21.7 Å². The van der Waals surface area contributed by atoms with Crippen molar-refractivity contribution in [2.24, 2.45) is 0 Å². The van der Waals surface area contributed by atoms with Crippen LogP contribution in [-0.4, -0.2) is 64.2 Å². The van der Waals surface area contributed by atoms with Crippen LogP contribution >= 0.6 is 22.9 Å². The average molecular weight is 602 g/mol. The summed E-state index contributed by atoms with van der Waals surface area (Å²) in [6.07, 6.45) is 1.20. The largest absolute Gasteiger partial charge is 0.460 e. The van der Waals surface area contributed by atoms with E-state index in [1.807, 2.05) is 6.07 Å². The molecule has 1 amide bonds. The van der Waals surface area contributed by atoms with Crippen LogP contribution in [0.2, 0.25) is 5.02 Å². The Morgan fingerprint density at radius 2 is 1.95 bits per heavy atom. The lowest BCUT2D eigenvalue weighted by Gasteiger charge is -2.40. The van der Waals surface area contributed by atoms with Gasteiger partial charge in [-0.25, -0.2) is 18.4 Å². The maximum Gasteiger partial charge on any atom is 0.308 e. The van der Waals surface area contributed by atoms with Gasteiger partial charge in [-0.1, -0.05) is 23.7 Å². The monoisotopic (exact) mass is 601 g/mol. The van der Waals surface area contributed by atoms with Gasteiger partial charge in [-0.05, 0) is 62.1 Å². The standard InChI is InChI=1S/C27H28ClN5O5S2/c1-27(2,3)38-24(35)11-19-13-32(40(36,37)25-9-17-5-6-18(28)10-22(17)39-25)14-23(34)33(19)12-16-4-7-20-21(8-16)30-15-31-26(20)29/h4-10,15,19H,11-14H2,1-3H3,(H2,29,30,31)/t19-/m0/s1. The topological polar surface area (TPSA) is 136 Å². The highest BCUT2D eigenvalue weighted by Gasteiger charge is 2.40. The maximum atomic E-state index is 13.7. The van der Waals surface area contributed by atoms with E-state index in [1.165, 1.54) is 11.2 Å². The van der Waals surface area contributed by atoms with Gasteiger partial charge >= 0.3 is 5.97 Å². The summed E-state index contributed by atoms with van der Waals surface area (Å²) >= 11 is 7.17. The summed E-state index contributed by atoms with van der Waals surface area (Å²) < 4.78 is 34.8. The van der Waals surface area contributed by atoms with Gasteiger partial charge in [-0.2, -0.15) is 4.31 Å². The Balaban J connectivity index is 1.45. The lowest BCUT2D eigenvalue weighted by Crippen LogP contribution is -2.57. The van der Waals surface area contributed by atoms with E-state index in [-0.39, 0.29) is 30.3 Å². The number of halogens is 1. The molecule has 1 aliphatic rings. The number of fused-ring (bicyclic) bond motifs is 2. The number of ether oxygens (including phenoxy) is 1. The molecule has 10 nitrogen and oxygen atoms in total. The Bertz CT molecular complexity index is 1730. The molecule has 1 aliphatic heterocycles. The number of esters is 1. The molecule has 0 spiro atoms. The highest BCUT2D eigenvalue weighted by Crippen LogP contribution is 2.34. The molecule has 13 heteroatoms. The number of anilines is 1. The van der Waals surface area contributed by atoms with Gasteiger partial charge in [-0.15, -0.1) is 11.3 Å². The number of nitrogens with zero attached hydrogens (tertiary/aromatic N) is 4. The van der Waals surface area contributed by atoms with Crippen LogP contribution in [0.5, 0.6) is 0 Å². The highest BCUT2D eigenvalue weighted by molar-refractivity contribution is 7.91.